The highest BCUT2D eigenvalue weighted by atomic mass is 16.3. The van der Waals surface area contributed by atoms with Gasteiger partial charge in [-0.25, -0.2) is 0 Å². The van der Waals surface area contributed by atoms with Crippen LogP contribution in [0.2, 0.25) is 0 Å². The van der Waals surface area contributed by atoms with Crippen LogP contribution in [0.5, 0.6) is 5.75 Å². The van der Waals surface area contributed by atoms with Crippen molar-refractivity contribution in [2.24, 2.45) is 0 Å². The highest BCUT2D eigenvalue weighted by Crippen LogP contribution is 2.14. The van der Waals surface area contributed by atoms with Crippen LogP contribution in [-0.4, -0.2) is 17.7 Å². The van der Waals surface area contributed by atoms with E-state index in [1.165, 1.54) is 11.1 Å². The van der Waals surface area contributed by atoms with Gasteiger partial charge in [0.05, 0.1) is 0 Å². The standard InChI is InChI=1S/C18H23NO/c1-14(17-6-4-3-5-7-17)13-19-15(2)12-16-8-10-18(20)11-9-16/h3-11,14-15,19-20H,12-13H2,1-2H3. The van der Waals surface area contributed by atoms with Gasteiger partial charge >= 0.3 is 0 Å². The van der Waals surface area contributed by atoms with Crippen LogP contribution in [0.1, 0.15) is 30.9 Å². The summed E-state index contributed by atoms with van der Waals surface area (Å²) in [4.78, 5) is 0. The Morgan fingerprint density at radius 3 is 2.25 bits per heavy atom. The first-order valence-corrected chi connectivity index (χ1v) is 7.21. The Labute approximate surface area is 121 Å². The van der Waals surface area contributed by atoms with Gasteiger partial charge in [0.1, 0.15) is 5.75 Å². The molecule has 0 amide bonds. The van der Waals surface area contributed by atoms with Gasteiger partial charge in [0.2, 0.25) is 0 Å². The average Bonchev–Trinajstić information content (AvgIpc) is 2.48. The quantitative estimate of drug-likeness (QED) is 0.837. The second-order valence-corrected chi connectivity index (χ2v) is 5.49. The number of aromatic hydroxyl groups is 1. The molecule has 0 aliphatic heterocycles. The number of phenolic OH excluding ortho intramolecular Hbond substituents is 1. The van der Waals surface area contributed by atoms with Crippen LogP contribution < -0.4 is 5.32 Å². The zero-order chi connectivity index (χ0) is 14.4. The van der Waals surface area contributed by atoms with E-state index in [1.807, 2.05) is 12.1 Å². The number of nitrogens with one attached hydrogen (secondary N) is 1. The van der Waals surface area contributed by atoms with Gasteiger partial charge in [0.15, 0.2) is 0 Å². The zero-order valence-electron chi connectivity index (χ0n) is 12.2. The van der Waals surface area contributed by atoms with Crippen molar-refractivity contribution in [2.45, 2.75) is 32.2 Å². The SMILES string of the molecule is CC(Cc1ccc(O)cc1)NCC(C)c1ccccc1. The van der Waals surface area contributed by atoms with Crippen molar-refractivity contribution in [3.8, 4) is 5.75 Å². The van der Waals surface area contributed by atoms with Crippen molar-refractivity contribution < 1.29 is 5.11 Å². The highest BCUT2D eigenvalue weighted by Gasteiger charge is 2.08. The molecule has 2 atom stereocenters. The van der Waals surface area contributed by atoms with Gasteiger partial charge in [-0.1, -0.05) is 49.4 Å². The lowest BCUT2D eigenvalue weighted by atomic mass is 10.0. The third-order valence-electron chi connectivity index (χ3n) is 3.62. The highest BCUT2D eigenvalue weighted by molar-refractivity contribution is 5.26. The molecule has 0 saturated heterocycles. The Balaban J connectivity index is 1.80. The van der Waals surface area contributed by atoms with Gasteiger partial charge in [-0.05, 0) is 42.5 Å². The predicted molar refractivity (Wildman–Crippen MR) is 84.1 cm³/mol. The molecule has 2 aromatic carbocycles. The fraction of sp³-hybridized carbons (Fsp3) is 0.333. The summed E-state index contributed by atoms with van der Waals surface area (Å²) in [6, 6.07) is 18.5. The lowest BCUT2D eigenvalue weighted by molar-refractivity contribution is 0.474. The molecule has 106 valence electrons. The maximum absolute atomic E-state index is 9.28. The lowest BCUT2D eigenvalue weighted by Gasteiger charge is -2.18. The average molecular weight is 269 g/mol. The van der Waals surface area contributed by atoms with E-state index < -0.39 is 0 Å². The number of benzene rings is 2. The molecule has 2 N–H and O–H groups in total. The Morgan fingerprint density at radius 1 is 0.950 bits per heavy atom. The van der Waals surface area contributed by atoms with E-state index in [1.54, 1.807) is 12.1 Å². The first-order valence-electron chi connectivity index (χ1n) is 7.21. The van der Waals surface area contributed by atoms with Crippen LogP contribution in [0.4, 0.5) is 0 Å². The summed E-state index contributed by atoms with van der Waals surface area (Å²) in [5.74, 6) is 0.838. The van der Waals surface area contributed by atoms with Crippen LogP contribution >= 0.6 is 0 Å². The molecule has 0 heterocycles. The van der Waals surface area contributed by atoms with Gasteiger partial charge in [-0.15, -0.1) is 0 Å². The lowest BCUT2D eigenvalue weighted by Crippen LogP contribution is -2.31. The van der Waals surface area contributed by atoms with Gasteiger partial charge in [-0.3, -0.25) is 0 Å². The minimum absolute atomic E-state index is 0.326. The molecule has 0 radical (unpaired) electrons. The Kier molecular flexibility index (Phi) is 5.19. The topological polar surface area (TPSA) is 32.3 Å². The van der Waals surface area contributed by atoms with Crippen molar-refractivity contribution in [1.82, 2.24) is 5.32 Å². The molecular weight excluding hydrogens is 246 g/mol. The van der Waals surface area contributed by atoms with E-state index in [0.29, 0.717) is 17.7 Å². The van der Waals surface area contributed by atoms with Gasteiger partial charge in [-0.2, -0.15) is 0 Å². The third-order valence-corrected chi connectivity index (χ3v) is 3.62. The van der Waals surface area contributed by atoms with Crippen LogP contribution in [0.15, 0.2) is 54.6 Å². The Bertz CT molecular complexity index is 507. The van der Waals surface area contributed by atoms with Crippen LogP contribution in [0, 0.1) is 0 Å². The third kappa shape index (κ3) is 4.39. The zero-order valence-corrected chi connectivity index (χ0v) is 12.2. The molecule has 0 aromatic heterocycles. The van der Waals surface area contributed by atoms with E-state index >= 15 is 0 Å². The van der Waals surface area contributed by atoms with Crippen molar-refractivity contribution in [1.29, 1.82) is 0 Å². The molecule has 0 aliphatic carbocycles. The van der Waals surface area contributed by atoms with E-state index in [9.17, 15) is 5.11 Å². The van der Waals surface area contributed by atoms with Gasteiger partial charge < -0.3 is 10.4 Å². The van der Waals surface area contributed by atoms with Gasteiger partial charge in [0, 0.05) is 12.6 Å². The summed E-state index contributed by atoms with van der Waals surface area (Å²) in [6.07, 6.45) is 0.974. The van der Waals surface area contributed by atoms with Crippen molar-refractivity contribution in [3.63, 3.8) is 0 Å². The summed E-state index contributed by atoms with van der Waals surface area (Å²) in [7, 11) is 0. The Morgan fingerprint density at radius 2 is 1.60 bits per heavy atom. The van der Waals surface area contributed by atoms with E-state index in [-0.39, 0.29) is 0 Å². The molecule has 20 heavy (non-hydrogen) atoms. The summed E-state index contributed by atoms with van der Waals surface area (Å²) < 4.78 is 0. The Hall–Kier alpha value is -1.80. The maximum Gasteiger partial charge on any atom is 0.115 e. The summed E-state index contributed by atoms with van der Waals surface area (Å²) in [5.41, 5.74) is 2.62. The largest absolute Gasteiger partial charge is 0.508 e. The van der Waals surface area contributed by atoms with Crippen LogP contribution in [0.3, 0.4) is 0 Å². The van der Waals surface area contributed by atoms with Crippen LogP contribution in [0.25, 0.3) is 0 Å². The second kappa shape index (κ2) is 7.11. The molecule has 0 bridgehead atoms. The molecule has 2 aromatic rings. The summed E-state index contributed by atoms with van der Waals surface area (Å²) in [6.45, 7) is 5.42. The molecule has 2 heteroatoms. The van der Waals surface area contributed by atoms with Crippen LogP contribution in [-0.2, 0) is 6.42 Å². The minimum atomic E-state index is 0.326. The van der Waals surface area contributed by atoms with E-state index in [0.717, 1.165) is 13.0 Å². The molecule has 0 fully saturated rings. The normalized spacial score (nSPS) is 13.9. The number of rotatable bonds is 6. The van der Waals surface area contributed by atoms with Crippen molar-refractivity contribution >= 4 is 0 Å². The fourth-order valence-corrected chi connectivity index (χ4v) is 2.34. The molecular formula is C18H23NO. The summed E-state index contributed by atoms with van der Waals surface area (Å²) >= 11 is 0. The van der Waals surface area contributed by atoms with Crippen molar-refractivity contribution in [3.05, 3.63) is 65.7 Å². The van der Waals surface area contributed by atoms with Crippen molar-refractivity contribution in [2.75, 3.05) is 6.54 Å². The molecule has 0 aliphatic rings. The first-order chi connectivity index (χ1) is 9.65. The summed E-state index contributed by atoms with van der Waals surface area (Å²) in [5, 5.41) is 12.9. The number of phenols is 1. The predicted octanol–water partition coefficient (Wildman–Crippen LogP) is 3.72. The molecule has 2 nitrogen and oxygen atoms in total. The number of hydrogen-bond acceptors (Lipinski definition) is 2. The first kappa shape index (κ1) is 14.6. The van der Waals surface area contributed by atoms with E-state index in [2.05, 4.69) is 49.5 Å². The van der Waals surface area contributed by atoms with Gasteiger partial charge in [0.25, 0.3) is 0 Å². The monoisotopic (exact) mass is 269 g/mol. The number of hydrogen-bond donors (Lipinski definition) is 2. The maximum atomic E-state index is 9.28. The molecule has 0 spiro atoms. The minimum Gasteiger partial charge on any atom is -0.508 e. The molecule has 0 saturated carbocycles. The molecule has 2 unspecified atom stereocenters. The smallest absolute Gasteiger partial charge is 0.115 e. The molecule has 2 rings (SSSR count). The second-order valence-electron chi connectivity index (χ2n) is 5.49. The fourth-order valence-electron chi connectivity index (χ4n) is 2.34. The van der Waals surface area contributed by atoms with E-state index in [4.69, 9.17) is 0 Å².